The first kappa shape index (κ1) is 12.8. The number of hydrogen-bond acceptors (Lipinski definition) is 2. The van der Waals surface area contributed by atoms with Crippen molar-refractivity contribution in [3.8, 4) is 0 Å². The molecule has 0 heterocycles. The summed E-state index contributed by atoms with van der Waals surface area (Å²) in [5.41, 5.74) is 0.780. The zero-order valence-corrected chi connectivity index (χ0v) is 11.5. The number of Topliss-reactive ketones (excluding diaryl/α,β-unsaturated/α-hetero) is 1. The Balaban J connectivity index is 1.84. The molecule has 0 saturated heterocycles. The Hall–Kier alpha value is -0.670. The van der Waals surface area contributed by atoms with Gasteiger partial charge in [0.2, 0.25) is 0 Å². The zero-order valence-electron chi connectivity index (χ0n) is 9.92. The van der Waals surface area contributed by atoms with Crippen LogP contribution in [0.15, 0.2) is 28.7 Å². The molecule has 1 N–H and O–H groups in total. The van der Waals surface area contributed by atoms with Gasteiger partial charge in [-0.25, -0.2) is 0 Å². The number of rotatable bonds is 4. The molecule has 0 spiro atoms. The number of hydrogen-bond donors (Lipinski definition) is 1. The molecule has 0 amide bonds. The van der Waals surface area contributed by atoms with E-state index in [2.05, 4.69) is 21.2 Å². The van der Waals surface area contributed by atoms with E-state index in [1.807, 2.05) is 24.3 Å². The van der Waals surface area contributed by atoms with Crippen molar-refractivity contribution in [2.45, 2.75) is 38.1 Å². The highest BCUT2D eigenvalue weighted by Crippen LogP contribution is 2.17. The van der Waals surface area contributed by atoms with Crippen molar-refractivity contribution < 1.29 is 4.79 Å². The predicted octanol–water partition coefficient (Wildman–Crippen LogP) is 3.55. The lowest BCUT2D eigenvalue weighted by molar-refractivity contribution is 0.0984. The van der Waals surface area contributed by atoms with Crippen LogP contribution >= 0.6 is 15.9 Å². The van der Waals surface area contributed by atoms with Gasteiger partial charge in [-0.15, -0.1) is 0 Å². The fourth-order valence-corrected chi connectivity index (χ4v) is 2.71. The second-order valence-electron chi connectivity index (χ2n) is 4.65. The summed E-state index contributed by atoms with van der Waals surface area (Å²) in [6.45, 7) is 0.459. The number of halogens is 1. The Morgan fingerprint density at radius 2 is 2.06 bits per heavy atom. The van der Waals surface area contributed by atoms with Gasteiger partial charge < -0.3 is 5.32 Å². The number of carbonyl (C=O) groups excluding carboxylic acids is 1. The van der Waals surface area contributed by atoms with Crippen molar-refractivity contribution in [3.05, 3.63) is 34.3 Å². The molecule has 1 aromatic carbocycles. The van der Waals surface area contributed by atoms with Gasteiger partial charge in [0.05, 0.1) is 6.54 Å². The second-order valence-corrected chi connectivity index (χ2v) is 5.57. The van der Waals surface area contributed by atoms with Crippen molar-refractivity contribution in [2.75, 3.05) is 6.54 Å². The lowest BCUT2D eigenvalue weighted by Gasteiger charge is -2.22. The van der Waals surface area contributed by atoms with Crippen LogP contribution in [0.3, 0.4) is 0 Å². The monoisotopic (exact) mass is 295 g/mol. The summed E-state index contributed by atoms with van der Waals surface area (Å²) in [5.74, 6) is 0.178. The van der Waals surface area contributed by atoms with E-state index in [1.165, 1.54) is 32.1 Å². The number of nitrogens with one attached hydrogen (secondary N) is 1. The van der Waals surface area contributed by atoms with Crippen molar-refractivity contribution in [1.82, 2.24) is 5.32 Å². The number of benzene rings is 1. The van der Waals surface area contributed by atoms with Gasteiger partial charge in [-0.2, -0.15) is 0 Å². The SMILES string of the molecule is O=C(CNC1CCCCC1)c1cccc(Br)c1. The minimum absolute atomic E-state index is 0.178. The normalized spacial score (nSPS) is 17.0. The lowest BCUT2D eigenvalue weighted by Crippen LogP contribution is -2.35. The van der Waals surface area contributed by atoms with Gasteiger partial charge in [-0.05, 0) is 25.0 Å². The predicted molar refractivity (Wildman–Crippen MR) is 73.3 cm³/mol. The van der Waals surface area contributed by atoms with Crippen LogP contribution in [-0.2, 0) is 0 Å². The van der Waals surface area contributed by atoms with Crippen LogP contribution in [0.1, 0.15) is 42.5 Å². The van der Waals surface area contributed by atoms with Gasteiger partial charge in [0.1, 0.15) is 0 Å². The highest BCUT2D eigenvalue weighted by atomic mass is 79.9. The summed E-state index contributed by atoms with van der Waals surface area (Å²) < 4.78 is 0.959. The topological polar surface area (TPSA) is 29.1 Å². The highest BCUT2D eigenvalue weighted by molar-refractivity contribution is 9.10. The molecule has 0 atom stereocenters. The van der Waals surface area contributed by atoms with E-state index < -0.39 is 0 Å². The number of carbonyl (C=O) groups is 1. The van der Waals surface area contributed by atoms with Crippen molar-refractivity contribution in [1.29, 1.82) is 0 Å². The summed E-state index contributed by atoms with van der Waals surface area (Å²) in [5, 5.41) is 3.37. The molecule has 17 heavy (non-hydrogen) atoms. The van der Waals surface area contributed by atoms with Gasteiger partial charge >= 0.3 is 0 Å². The lowest BCUT2D eigenvalue weighted by atomic mass is 9.95. The molecule has 0 unspecified atom stereocenters. The van der Waals surface area contributed by atoms with E-state index in [0.717, 1.165) is 10.0 Å². The van der Waals surface area contributed by atoms with Crippen LogP contribution in [0.4, 0.5) is 0 Å². The third-order valence-corrected chi connectivity index (χ3v) is 3.80. The molecular formula is C14H18BrNO. The van der Waals surface area contributed by atoms with Gasteiger partial charge in [0.15, 0.2) is 5.78 Å². The second kappa shape index (κ2) is 6.31. The van der Waals surface area contributed by atoms with Crippen LogP contribution in [-0.4, -0.2) is 18.4 Å². The minimum atomic E-state index is 0.178. The smallest absolute Gasteiger partial charge is 0.176 e. The molecule has 0 radical (unpaired) electrons. The average Bonchev–Trinajstić information content (AvgIpc) is 2.37. The third-order valence-electron chi connectivity index (χ3n) is 3.30. The summed E-state index contributed by atoms with van der Waals surface area (Å²) >= 11 is 3.39. The van der Waals surface area contributed by atoms with Gasteiger partial charge in [0, 0.05) is 16.1 Å². The molecule has 2 rings (SSSR count). The van der Waals surface area contributed by atoms with Crippen LogP contribution in [0, 0.1) is 0 Å². The third kappa shape index (κ3) is 3.93. The first-order valence-corrected chi connectivity index (χ1v) is 7.07. The fraction of sp³-hybridized carbons (Fsp3) is 0.500. The quantitative estimate of drug-likeness (QED) is 0.861. The van der Waals surface area contributed by atoms with E-state index in [1.54, 1.807) is 0 Å². The average molecular weight is 296 g/mol. The van der Waals surface area contributed by atoms with Crippen molar-refractivity contribution in [3.63, 3.8) is 0 Å². The largest absolute Gasteiger partial charge is 0.307 e. The standard InChI is InChI=1S/C14H18BrNO/c15-12-6-4-5-11(9-12)14(17)10-16-13-7-2-1-3-8-13/h4-6,9,13,16H,1-3,7-8,10H2. The molecule has 1 fully saturated rings. The maximum absolute atomic E-state index is 12.0. The van der Waals surface area contributed by atoms with E-state index in [-0.39, 0.29) is 5.78 Å². The molecule has 0 aliphatic heterocycles. The van der Waals surface area contributed by atoms with Crippen LogP contribution in [0.2, 0.25) is 0 Å². The van der Waals surface area contributed by atoms with Crippen LogP contribution < -0.4 is 5.32 Å². The maximum Gasteiger partial charge on any atom is 0.176 e. The molecule has 0 aromatic heterocycles. The van der Waals surface area contributed by atoms with Crippen LogP contribution in [0.25, 0.3) is 0 Å². The Labute approximate surface area is 111 Å². The summed E-state index contributed by atoms with van der Waals surface area (Å²) in [7, 11) is 0. The van der Waals surface area contributed by atoms with E-state index in [0.29, 0.717) is 12.6 Å². The Morgan fingerprint density at radius 3 is 2.76 bits per heavy atom. The van der Waals surface area contributed by atoms with Crippen molar-refractivity contribution in [2.24, 2.45) is 0 Å². The van der Waals surface area contributed by atoms with Crippen LogP contribution in [0.5, 0.6) is 0 Å². The van der Waals surface area contributed by atoms with Gasteiger partial charge in [-0.1, -0.05) is 47.3 Å². The summed E-state index contributed by atoms with van der Waals surface area (Å²) in [6, 6.07) is 8.13. The molecule has 0 bridgehead atoms. The maximum atomic E-state index is 12.0. The first-order valence-electron chi connectivity index (χ1n) is 6.28. The molecule has 3 heteroatoms. The first-order chi connectivity index (χ1) is 8.25. The Kier molecular flexibility index (Phi) is 4.75. The molecule has 2 nitrogen and oxygen atoms in total. The Bertz CT molecular complexity index is 386. The van der Waals surface area contributed by atoms with Crippen molar-refractivity contribution >= 4 is 21.7 Å². The molecule has 1 aliphatic rings. The highest BCUT2D eigenvalue weighted by Gasteiger charge is 2.14. The molecule has 92 valence electrons. The van der Waals surface area contributed by atoms with Gasteiger partial charge in [0.25, 0.3) is 0 Å². The zero-order chi connectivity index (χ0) is 12.1. The fourth-order valence-electron chi connectivity index (χ4n) is 2.31. The van der Waals surface area contributed by atoms with E-state index in [9.17, 15) is 4.79 Å². The summed E-state index contributed by atoms with van der Waals surface area (Å²) in [6.07, 6.45) is 6.36. The van der Waals surface area contributed by atoms with E-state index in [4.69, 9.17) is 0 Å². The minimum Gasteiger partial charge on any atom is -0.307 e. The molecular weight excluding hydrogens is 278 g/mol. The van der Waals surface area contributed by atoms with E-state index >= 15 is 0 Å². The molecule has 1 saturated carbocycles. The Morgan fingerprint density at radius 1 is 1.29 bits per heavy atom. The van der Waals surface area contributed by atoms with Gasteiger partial charge in [-0.3, -0.25) is 4.79 Å². The molecule has 1 aliphatic carbocycles. The number of ketones is 1. The molecule has 1 aromatic rings. The summed E-state index contributed by atoms with van der Waals surface area (Å²) in [4.78, 5) is 12.0.